The van der Waals surface area contributed by atoms with E-state index in [-0.39, 0.29) is 23.4 Å². The Labute approximate surface area is 213 Å². The van der Waals surface area contributed by atoms with Gasteiger partial charge in [0.15, 0.2) is 5.78 Å². The van der Waals surface area contributed by atoms with Crippen LogP contribution >= 0.6 is 0 Å². The average Bonchev–Trinajstić information content (AvgIpc) is 3.02. The van der Waals surface area contributed by atoms with Gasteiger partial charge < -0.3 is 15.4 Å². The van der Waals surface area contributed by atoms with Crippen molar-refractivity contribution in [3.8, 4) is 11.1 Å². The summed E-state index contributed by atoms with van der Waals surface area (Å²) in [4.78, 5) is 13.5. The summed E-state index contributed by atoms with van der Waals surface area (Å²) in [7, 11) is 0.364. The number of ketones is 1. The standard InChI is InChI=1S/C30H35BFNO3/c1-33-20-21-15-16-29(32)28(17-21)22-7-2-3-8-23(10-4-9-22)30(34)26-13-5-11-24(18-26)25-12-6-14-27(19-25)31(35)36/h5-6,11-19,22-23,33,35-36H,2-4,7-10,20H2,1H3. The minimum absolute atomic E-state index is 0.0370. The highest BCUT2D eigenvalue weighted by atomic mass is 19.1. The van der Waals surface area contributed by atoms with Gasteiger partial charge in [0.1, 0.15) is 5.82 Å². The molecular formula is C30H35BFNO3. The van der Waals surface area contributed by atoms with Crippen molar-refractivity contribution in [1.29, 1.82) is 0 Å². The molecule has 6 heteroatoms. The SMILES string of the molecule is CNCc1ccc(F)c(C2CCCCC(C(=O)c3cccc(-c4cccc(B(O)O)c4)c3)CCC2)c1. The Morgan fingerprint density at radius 2 is 1.61 bits per heavy atom. The summed E-state index contributed by atoms with van der Waals surface area (Å²) in [5.41, 5.74) is 4.74. The van der Waals surface area contributed by atoms with Crippen molar-refractivity contribution in [1.82, 2.24) is 5.32 Å². The number of hydrogen-bond donors (Lipinski definition) is 3. The topological polar surface area (TPSA) is 69.6 Å². The molecule has 0 saturated heterocycles. The lowest BCUT2D eigenvalue weighted by Gasteiger charge is -2.18. The third kappa shape index (κ3) is 6.50. The first kappa shape index (κ1) is 26.3. The summed E-state index contributed by atoms with van der Waals surface area (Å²) in [5, 5.41) is 22.1. The van der Waals surface area contributed by atoms with Gasteiger partial charge in [0.05, 0.1) is 0 Å². The van der Waals surface area contributed by atoms with Crippen LogP contribution in [0.3, 0.4) is 0 Å². The van der Waals surface area contributed by atoms with Crippen molar-refractivity contribution in [3.63, 3.8) is 0 Å². The Morgan fingerprint density at radius 1 is 0.917 bits per heavy atom. The molecular weight excluding hydrogens is 452 g/mol. The third-order valence-electron chi connectivity index (χ3n) is 7.38. The number of carbonyl (C=O) groups is 1. The first-order valence-electron chi connectivity index (χ1n) is 13.0. The quantitative estimate of drug-likeness (QED) is 0.316. The fourth-order valence-corrected chi connectivity index (χ4v) is 5.44. The van der Waals surface area contributed by atoms with Crippen molar-refractivity contribution >= 4 is 18.4 Å². The lowest BCUT2D eigenvalue weighted by molar-refractivity contribution is 0.0903. The molecule has 2 atom stereocenters. The number of nitrogens with one attached hydrogen (secondary N) is 1. The summed E-state index contributed by atoms with van der Waals surface area (Å²) in [6, 6.07) is 20.1. The van der Waals surface area contributed by atoms with Crippen LogP contribution in [0.5, 0.6) is 0 Å². The summed E-state index contributed by atoms with van der Waals surface area (Å²) in [6.45, 7) is 0.723. The van der Waals surface area contributed by atoms with Gasteiger partial charge >= 0.3 is 7.12 Å². The van der Waals surface area contributed by atoms with E-state index in [0.29, 0.717) is 11.0 Å². The van der Waals surface area contributed by atoms with Gasteiger partial charge in [-0.2, -0.15) is 0 Å². The van der Waals surface area contributed by atoms with E-state index >= 15 is 0 Å². The molecule has 0 heterocycles. The number of Topliss-reactive ketones (excluding diaryl/α,β-unsaturated/α-hetero) is 1. The minimum Gasteiger partial charge on any atom is -0.423 e. The molecule has 1 aliphatic carbocycles. The number of benzene rings is 3. The molecule has 188 valence electrons. The zero-order chi connectivity index (χ0) is 25.5. The monoisotopic (exact) mass is 487 g/mol. The normalized spacial score (nSPS) is 18.7. The van der Waals surface area contributed by atoms with E-state index in [2.05, 4.69) is 5.32 Å². The summed E-state index contributed by atoms with van der Waals surface area (Å²) in [6.07, 6.45) is 6.34. The van der Waals surface area contributed by atoms with E-state index in [1.54, 1.807) is 24.3 Å². The van der Waals surface area contributed by atoms with Crippen molar-refractivity contribution < 1.29 is 19.2 Å². The Bertz CT molecular complexity index is 1180. The van der Waals surface area contributed by atoms with Crippen LogP contribution in [-0.2, 0) is 6.54 Å². The molecule has 0 aliphatic heterocycles. The largest absolute Gasteiger partial charge is 0.488 e. The average molecular weight is 487 g/mol. The maximum Gasteiger partial charge on any atom is 0.488 e. The Kier molecular flexibility index (Phi) is 9.08. The molecule has 4 rings (SSSR count). The molecule has 4 nitrogen and oxygen atoms in total. The lowest BCUT2D eigenvalue weighted by Crippen LogP contribution is -2.29. The minimum atomic E-state index is -1.53. The molecule has 1 fully saturated rings. The Hall–Kier alpha value is -2.80. The maximum absolute atomic E-state index is 14.7. The molecule has 0 radical (unpaired) electrons. The highest BCUT2D eigenvalue weighted by molar-refractivity contribution is 6.58. The first-order valence-corrected chi connectivity index (χ1v) is 13.0. The molecule has 0 bridgehead atoms. The predicted molar refractivity (Wildman–Crippen MR) is 144 cm³/mol. The molecule has 1 aliphatic rings. The second-order valence-corrected chi connectivity index (χ2v) is 9.94. The number of hydrogen-bond acceptors (Lipinski definition) is 4. The molecule has 0 spiro atoms. The van der Waals surface area contributed by atoms with Crippen LogP contribution in [0.15, 0.2) is 66.7 Å². The van der Waals surface area contributed by atoms with Crippen LogP contribution in [0.25, 0.3) is 11.1 Å². The van der Waals surface area contributed by atoms with E-state index in [4.69, 9.17) is 0 Å². The van der Waals surface area contributed by atoms with Crippen LogP contribution in [0, 0.1) is 11.7 Å². The van der Waals surface area contributed by atoms with Gasteiger partial charge in [-0.3, -0.25) is 4.79 Å². The van der Waals surface area contributed by atoms with E-state index in [1.807, 2.05) is 49.5 Å². The summed E-state index contributed by atoms with van der Waals surface area (Å²) < 4.78 is 14.7. The molecule has 2 unspecified atom stereocenters. The fraction of sp³-hybridized carbons (Fsp3) is 0.367. The second kappa shape index (κ2) is 12.4. The van der Waals surface area contributed by atoms with Crippen molar-refractivity contribution in [2.24, 2.45) is 5.92 Å². The molecule has 36 heavy (non-hydrogen) atoms. The van der Waals surface area contributed by atoms with Crippen LogP contribution in [0.2, 0.25) is 0 Å². The van der Waals surface area contributed by atoms with E-state index in [0.717, 1.165) is 73.7 Å². The fourth-order valence-electron chi connectivity index (χ4n) is 5.44. The van der Waals surface area contributed by atoms with Crippen molar-refractivity contribution in [2.45, 2.75) is 57.4 Å². The Morgan fingerprint density at radius 3 is 2.39 bits per heavy atom. The van der Waals surface area contributed by atoms with Gasteiger partial charge in [0, 0.05) is 18.0 Å². The highest BCUT2D eigenvalue weighted by Crippen LogP contribution is 2.35. The van der Waals surface area contributed by atoms with Crippen LogP contribution in [-0.4, -0.2) is 30.0 Å². The maximum atomic E-state index is 14.7. The van der Waals surface area contributed by atoms with E-state index in [1.165, 1.54) is 0 Å². The molecule has 3 aromatic rings. The molecule has 1 saturated carbocycles. The summed E-state index contributed by atoms with van der Waals surface area (Å²) in [5.74, 6) is 0.190. The zero-order valence-corrected chi connectivity index (χ0v) is 20.9. The first-order chi connectivity index (χ1) is 17.5. The number of carbonyl (C=O) groups excluding carboxylic acids is 1. The lowest BCUT2D eigenvalue weighted by atomic mass is 9.79. The number of rotatable bonds is 7. The molecule has 0 amide bonds. The van der Waals surface area contributed by atoms with E-state index in [9.17, 15) is 19.2 Å². The van der Waals surface area contributed by atoms with Crippen LogP contribution in [0.4, 0.5) is 4.39 Å². The zero-order valence-electron chi connectivity index (χ0n) is 20.9. The predicted octanol–water partition coefficient (Wildman–Crippen LogP) is 5.22. The van der Waals surface area contributed by atoms with E-state index < -0.39 is 7.12 Å². The van der Waals surface area contributed by atoms with Crippen molar-refractivity contribution in [3.05, 3.63) is 89.2 Å². The second-order valence-electron chi connectivity index (χ2n) is 9.94. The highest BCUT2D eigenvalue weighted by Gasteiger charge is 2.24. The number of halogens is 1. The summed E-state index contributed by atoms with van der Waals surface area (Å²) >= 11 is 0. The molecule has 0 aromatic heterocycles. The third-order valence-corrected chi connectivity index (χ3v) is 7.38. The van der Waals surface area contributed by atoms with Crippen molar-refractivity contribution in [2.75, 3.05) is 7.05 Å². The van der Waals surface area contributed by atoms with Gasteiger partial charge in [0.25, 0.3) is 0 Å². The Balaban J connectivity index is 1.46. The molecule has 3 N–H and O–H groups in total. The van der Waals surface area contributed by atoms with Gasteiger partial charge in [0.2, 0.25) is 0 Å². The van der Waals surface area contributed by atoms with Gasteiger partial charge in [-0.15, -0.1) is 0 Å². The van der Waals surface area contributed by atoms with Crippen LogP contribution in [0.1, 0.15) is 72.3 Å². The molecule has 3 aromatic carbocycles. The smallest absolute Gasteiger partial charge is 0.423 e. The van der Waals surface area contributed by atoms with Crippen LogP contribution < -0.4 is 10.8 Å². The van der Waals surface area contributed by atoms with Gasteiger partial charge in [-0.1, -0.05) is 73.9 Å². The van der Waals surface area contributed by atoms with Gasteiger partial charge in [-0.25, -0.2) is 4.39 Å². The van der Waals surface area contributed by atoms with Gasteiger partial charge in [-0.05, 0) is 78.5 Å².